The molecular formula is C14H17Br2NO4S. The lowest BCUT2D eigenvalue weighted by Crippen LogP contribution is -2.42. The third kappa shape index (κ3) is 3.55. The topological polar surface area (TPSA) is 74.7 Å². The number of carbonyl (C=O) groups is 1. The SMILES string of the molecule is C[C@@H]1C[C@H](C)CN(S(=O)(=O)c2cc(C(=O)O)c(Br)cc2Br)C1. The number of hydrogen-bond donors (Lipinski definition) is 1. The van der Waals surface area contributed by atoms with Crippen LogP contribution in [0.25, 0.3) is 0 Å². The molecule has 1 aromatic carbocycles. The number of hydrogen-bond acceptors (Lipinski definition) is 3. The maximum atomic E-state index is 12.9. The summed E-state index contributed by atoms with van der Waals surface area (Å²) >= 11 is 6.38. The maximum Gasteiger partial charge on any atom is 0.336 e. The predicted molar refractivity (Wildman–Crippen MR) is 90.5 cm³/mol. The van der Waals surface area contributed by atoms with E-state index in [4.69, 9.17) is 0 Å². The first-order valence-corrected chi connectivity index (χ1v) is 9.88. The summed E-state index contributed by atoms with van der Waals surface area (Å²) in [6.07, 6.45) is 0.994. The molecule has 0 unspecified atom stereocenters. The Morgan fingerprint density at radius 3 is 2.23 bits per heavy atom. The predicted octanol–water partition coefficient (Wildman–Crippen LogP) is 3.58. The van der Waals surface area contributed by atoms with Crippen molar-refractivity contribution in [3.05, 3.63) is 26.6 Å². The molecule has 1 aliphatic rings. The second-order valence-corrected chi connectivity index (χ2v) is 9.45. The lowest BCUT2D eigenvalue weighted by molar-refractivity contribution is 0.0695. The van der Waals surface area contributed by atoms with E-state index in [2.05, 4.69) is 31.9 Å². The number of aromatic carboxylic acids is 1. The molecule has 8 heteroatoms. The smallest absolute Gasteiger partial charge is 0.336 e. The number of piperidine rings is 1. The van der Waals surface area contributed by atoms with Crippen molar-refractivity contribution >= 4 is 47.9 Å². The highest BCUT2D eigenvalue weighted by Gasteiger charge is 2.33. The monoisotopic (exact) mass is 453 g/mol. The summed E-state index contributed by atoms with van der Waals surface area (Å²) in [6, 6.07) is 2.67. The first-order valence-electron chi connectivity index (χ1n) is 6.85. The summed E-state index contributed by atoms with van der Waals surface area (Å²) < 4.78 is 27.9. The highest BCUT2D eigenvalue weighted by atomic mass is 79.9. The Bertz CT molecular complexity index is 695. The van der Waals surface area contributed by atoms with Crippen molar-refractivity contribution < 1.29 is 18.3 Å². The van der Waals surface area contributed by atoms with Gasteiger partial charge in [-0.15, -0.1) is 0 Å². The number of carboxylic acids is 1. The summed E-state index contributed by atoms with van der Waals surface area (Å²) in [7, 11) is -3.73. The standard InChI is InChI=1S/C14H17Br2NO4S/c1-8-3-9(2)7-17(6-8)22(20,21)13-4-10(14(18)19)11(15)5-12(13)16/h4-5,8-9H,3,6-7H2,1-2H3,(H,18,19)/t8-,9+. The molecule has 1 aromatic rings. The highest BCUT2D eigenvalue weighted by molar-refractivity contribution is 9.11. The van der Waals surface area contributed by atoms with Gasteiger partial charge < -0.3 is 5.11 Å². The van der Waals surface area contributed by atoms with Gasteiger partial charge in [0.05, 0.1) is 10.5 Å². The van der Waals surface area contributed by atoms with Crippen molar-refractivity contribution in [3.63, 3.8) is 0 Å². The molecule has 2 atom stereocenters. The summed E-state index contributed by atoms with van der Waals surface area (Å²) in [5.74, 6) is -0.602. The van der Waals surface area contributed by atoms with Crippen LogP contribution in [-0.2, 0) is 10.0 Å². The van der Waals surface area contributed by atoms with Crippen LogP contribution in [0, 0.1) is 11.8 Å². The third-order valence-electron chi connectivity index (χ3n) is 3.71. The van der Waals surface area contributed by atoms with Gasteiger partial charge in [0.25, 0.3) is 0 Å². The first kappa shape index (κ1) is 17.9. The van der Waals surface area contributed by atoms with Crippen LogP contribution < -0.4 is 0 Å². The Hall–Kier alpha value is -0.440. The van der Waals surface area contributed by atoms with E-state index in [0.29, 0.717) is 22.0 Å². The minimum atomic E-state index is -3.73. The van der Waals surface area contributed by atoms with Crippen LogP contribution in [0.1, 0.15) is 30.6 Å². The molecule has 0 radical (unpaired) electrons. The van der Waals surface area contributed by atoms with E-state index in [-0.39, 0.29) is 22.3 Å². The van der Waals surface area contributed by atoms with Crippen molar-refractivity contribution in [3.8, 4) is 0 Å². The zero-order valence-corrected chi connectivity index (χ0v) is 16.2. The van der Waals surface area contributed by atoms with Crippen LogP contribution in [0.4, 0.5) is 0 Å². The number of sulfonamides is 1. The Morgan fingerprint density at radius 2 is 1.73 bits per heavy atom. The largest absolute Gasteiger partial charge is 0.478 e. The highest BCUT2D eigenvalue weighted by Crippen LogP contribution is 2.33. The molecule has 0 bridgehead atoms. The minimum Gasteiger partial charge on any atom is -0.478 e. The number of halogens is 2. The van der Waals surface area contributed by atoms with E-state index in [0.717, 1.165) is 6.42 Å². The lowest BCUT2D eigenvalue weighted by Gasteiger charge is -2.34. The number of nitrogens with zero attached hydrogens (tertiary/aromatic N) is 1. The fourth-order valence-corrected chi connectivity index (χ4v) is 6.36. The zero-order valence-electron chi connectivity index (χ0n) is 12.2. The van der Waals surface area contributed by atoms with E-state index in [1.54, 1.807) is 0 Å². The molecule has 0 aliphatic carbocycles. The quantitative estimate of drug-likeness (QED) is 0.757. The van der Waals surface area contributed by atoms with Crippen LogP contribution in [0.15, 0.2) is 26.0 Å². The van der Waals surface area contributed by atoms with Gasteiger partial charge in [0, 0.05) is 22.0 Å². The molecule has 1 saturated heterocycles. The van der Waals surface area contributed by atoms with Crippen molar-refractivity contribution in [1.82, 2.24) is 4.31 Å². The van der Waals surface area contributed by atoms with E-state index in [1.165, 1.54) is 16.4 Å². The van der Waals surface area contributed by atoms with Crippen LogP contribution in [0.2, 0.25) is 0 Å². The van der Waals surface area contributed by atoms with Gasteiger partial charge in [-0.1, -0.05) is 13.8 Å². The van der Waals surface area contributed by atoms with Crippen LogP contribution in [0.3, 0.4) is 0 Å². The Kier molecular flexibility index (Phi) is 5.36. The first-order chi connectivity index (χ1) is 10.1. The Morgan fingerprint density at radius 1 is 1.18 bits per heavy atom. The lowest BCUT2D eigenvalue weighted by atomic mass is 9.94. The van der Waals surface area contributed by atoms with Gasteiger partial charge in [0.1, 0.15) is 0 Å². The van der Waals surface area contributed by atoms with Crippen molar-refractivity contribution in [2.45, 2.75) is 25.2 Å². The molecule has 1 N–H and O–H groups in total. The van der Waals surface area contributed by atoms with Crippen molar-refractivity contribution in [2.24, 2.45) is 11.8 Å². The van der Waals surface area contributed by atoms with Crippen LogP contribution in [-0.4, -0.2) is 36.9 Å². The van der Waals surface area contributed by atoms with E-state index >= 15 is 0 Å². The number of benzene rings is 1. The molecule has 0 aromatic heterocycles. The summed E-state index contributed by atoms with van der Waals surface area (Å²) in [5, 5.41) is 9.19. The van der Waals surface area contributed by atoms with Gasteiger partial charge in [-0.05, 0) is 62.2 Å². The average molecular weight is 455 g/mol. The molecule has 22 heavy (non-hydrogen) atoms. The molecule has 1 heterocycles. The van der Waals surface area contributed by atoms with E-state index in [1.807, 2.05) is 13.8 Å². The van der Waals surface area contributed by atoms with Crippen LogP contribution >= 0.6 is 31.9 Å². The Balaban J connectivity index is 2.49. The molecule has 0 spiro atoms. The van der Waals surface area contributed by atoms with Gasteiger partial charge in [-0.25, -0.2) is 13.2 Å². The van der Waals surface area contributed by atoms with Gasteiger partial charge >= 0.3 is 5.97 Å². The molecule has 1 aliphatic heterocycles. The summed E-state index contributed by atoms with van der Waals surface area (Å²) in [6.45, 7) is 4.96. The zero-order chi connectivity index (χ0) is 16.7. The van der Waals surface area contributed by atoms with Gasteiger partial charge in [0.2, 0.25) is 10.0 Å². The average Bonchev–Trinajstić information content (AvgIpc) is 2.36. The molecule has 0 amide bonds. The second-order valence-electron chi connectivity index (χ2n) is 5.84. The molecule has 0 saturated carbocycles. The molecule has 1 fully saturated rings. The van der Waals surface area contributed by atoms with Crippen molar-refractivity contribution in [1.29, 1.82) is 0 Å². The van der Waals surface area contributed by atoms with E-state index in [9.17, 15) is 18.3 Å². The summed E-state index contributed by atoms with van der Waals surface area (Å²) in [4.78, 5) is 11.2. The molecule has 122 valence electrons. The number of carboxylic acid groups (broad SMARTS) is 1. The van der Waals surface area contributed by atoms with Gasteiger partial charge in [-0.2, -0.15) is 4.31 Å². The molecular weight excluding hydrogens is 438 g/mol. The maximum absolute atomic E-state index is 12.9. The Labute approximate surface area is 147 Å². The molecule has 5 nitrogen and oxygen atoms in total. The van der Waals surface area contributed by atoms with Crippen molar-refractivity contribution in [2.75, 3.05) is 13.1 Å². The molecule has 2 rings (SSSR count). The fourth-order valence-electron chi connectivity index (χ4n) is 2.83. The van der Waals surface area contributed by atoms with Gasteiger partial charge in [-0.3, -0.25) is 0 Å². The van der Waals surface area contributed by atoms with Gasteiger partial charge in [0.15, 0.2) is 0 Å². The summed E-state index contributed by atoms with van der Waals surface area (Å²) in [5.41, 5.74) is -0.0696. The number of rotatable bonds is 3. The van der Waals surface area contributed by atoms with E-state index < -0.39 is 16.0 Å². The van der Waals surface area contributed by atoms with Crippen LogP contribution in [0.5, 0.6) is 0 Å². The minimum absolute atomic E-state index is 0.00519. The second kappa shape index (κ2) is 6.59. The third-order valence-corrected chi connectivity index (χ3v) is 7.15. The fraction of sp³-hybridized carbons (Fsp3) is 0.500. The normalized spacial score (nSPS) is 23.5.